The van der Waals surface area contributed by atoms with E-state index in [0.717, 1.165) is 0 Å². The molecule has 0 spiro atoms. The molecule has 0 fully saturated rings. The van der Waals surface area contributed by atoms with Crippen molar-refractivity contribution in [3.05, 3.63) is 23.2 Å². The molecule has 1 aromatic rings. The number of aromatic nitrogens is 2. The summed E-state index contributed by atoms with van der Waals surface area (Å²) in [5, 5.41) is 11.4. The number of nitrogens with one attached hydrogen (secondary N) is 1. The summed E-state index contributed by atoms with van der Waals surface area (Å²) in [5.41, 5.74) is 0.137. The van der Waals surface area contributed by atoms with Gasteiger partial charge in [-0.05, 0) is 6.92 Å². The van der Waals surface area contributed by atoms with Crippen LogP contribution in [0.1, 0.15) is 17.4 Å². The Morgan fingerprint density at radius 2 is 2.43 bits per heavy atom. The van der Waals surface area contributed by atoms with Crippen LogP contribution in [0.3, 0.4) is 0 Å². The molecule has 1 amide bonds. The molecule has 1 atom stereocenters. The van der Waals surface area contributed by atoms with Crippen molar-refractivity contribution >= 4 is 17.5 Å². The van der Waals surface area contributed by atoms with Crippen LogP contribution in [0.5, 0.6) is 0 Å². The monoisotopic (exact) mass is 215 g/mol. The summed E-state index contributed by atoms with van der Waals surface area (Å²) in [4.78, 5) is 18.9. The SMILES string of the molecule is CC(CO)NC(=O)c1cncc(Cl)n1. The van der Waals surface area contributed by atoms with Gasteiger partial charge in [0.2, 0.25) is 0 Å². The lowest BCUT2D eigenvalue weighted by Gasteiger charge is -2.09. The zero-order chi connectivity index (χ0) is 10.6. The smallest absolute Gasteiger partial charge is 0.271 e. The van der Waals surface area contributed by atoms with Gasteiger partial charge in [0.05, 0.1) is 19.0 Å². The second-order valence-corrected chi connectivity index (χ2v) is 3.17. The number of carbonyl (C=O) groups is 1. The second-order valence-electron chi connectivity index (χ2n) is 2.78. The molecule has 1 aromatic heterocycles. The molecule has 0 saturated carbocycles. The molecular formula is C8H10ClN3O2. The molecule has 0 aromatic carbocycles. The van der Waals surface area contributed by atoms with Gasteiger partial charge >= 0.3 is 0 Å². The maximum Gasteiger partial charge on any atom is 0.271 e. The van der Waals surface area contributed by atoms with E-state index in [1.807, 2.05) is 0 Å². The van der Waals surface area contributed by atoms with Crippen molar-refractivity contribution in [1.29, 1.82) is 0 Å². The number of nitrogens with zero attached hydrogens (tertiary/aromatic N) is 2. The number of aliphatic hydroxyl groups is 1. The summed E-state index contributed by atoms with van der Waals surface area (Å²) >= 11 is 5.56. The lowest BCUT2D eigenvalue weighted by atomic mass is 10.3. The number of hydrogen-bond donors (Lipinski definition) is 2. The van der Waals surface area contributed by atoms with Crippen molar-refractivity contribution in [2.75, 3.05) is 6.61 Å². The van der Waals surface area contributed by atoms with Gasteiger partial charge < -0.3 is 10.4 Å². The zero-order valence-electron chi connectivity index (χ0n) is 7.57. The molecule has 6 heteroatoms. The largest absolute Gasteiger partial charge is 0.394 e. The van der Waals surface area contributed by atoms with Crippen molar-refractivity contribution in [1.82, 2.24) is 15.3 Å². The maximum absolute atomic E-state index is 11.4. The van der Waals surface area contributed by atoms with E-state index in [1.165, 1.54) is 12.4 Å². The van der Waals surface area contributed by atoms with Crippen LogP contribution in [0.15, 0.2) is 12.4 Å². The first-order valence-corrected chi connectivity index (χ1v) is 4.40. The predicted molar refractivity (Wildman–Crippen MR) is 51.1 cm³/mol. The fourth-order valence-corrected chi connectivity index (χ4v) is 0.942. The van der Waals surface area contributed by atoms with Gasteiger partial charge in [-0.3, -0.25) is 9.78 Å². The molecular weight excluding hydrogens is 206 g/mol. The third kappa shape index (κ3) is 2.93. The van der Waals surface area contributed by atoms with Gasteiger partial charge in [0.25, 0.3) is 5.91 Å². The summed E-state index contributed by atoms with van der Waals surface area (Å²) in [6.45, 7) is 1.55. The van der Waals surface area contributed by atoms with E-state index in [9.17, 15) is 4.79 Å². The minimum absolute atomic E-state index is 0.125. The van der Waals surface area contributed by atoms with Gasteiger partial charge in [0.15, 0.2) is 0 Å². The number of aliphatic hydroxyl groups excluding tert-OH is 1. The summed E-state index contributed by atoms with van der Waals surface area (Å²) < 4.78 is 0. The van der Waals surface area contributed by atoms with Crippen LogP contribution in [0.4, 0.5) is 0 Å². The lowest BCUT2D eigenvalue weighted by Crippen LogP contribution is -2.35. The van der Waals surface area contributed by atoms with Crippen LogP contribution in [0, 0.1) is 0 Å². The van der Waals surface area contributed by atoms with Gasteiger partial charge in [-0.25, -0.2) is 4.98 Å². The van der Waals surface area contributed by atoms with Crippen LogP contribution in [-0.4, -0.2) is 33.6 Å². The molecule has 14 heavy (non-hydrogen) atoms. The van der Waals surface area contributed by atoms with Crippen molar-refractivity contribution < 1.29 is 9.90 Å². The van der Waals surface area contributed by atoms with Crippen LogP contribution in [0.25, 0.3) is 0 Å². The first kappa shape index (κ1) is 10.9. The molecule has 1 unspecified atom stereocenters. The molecule has 5 nitrogen and oxygen atoms in total. The van der Waals surface area contributed by atoms with Crippen molar-refractivity contribution in [3.63, 3.8) is 0 Å². The predicted octanol–water partition coefficient (Wildman–Crippen LogP) is 0.241. The topological polar surface area (TPSA) is 75.1 Å². The van der Waals surface area contributed by atoms with E-state index in [2.05, 4.69) is 15.3 Å². The van der Waals surface area contributed by atoms with Gasteiger partial charge in [-0.1, -0.05) is 11.6 Å². The number of hydrogen-bond acceptors (Lipinski definition) is 4. The molecule has 0 aliphatic heterocycles. The highest BCUT2D eigenvalue weighted by Crippen LogP contribution is 2.02. The van der Waals surface area contributed by atoms with E-state index in [1.54, 1.807) is 6.92 Å². The van der Waals surface area contributed by atoms with Gasteiger partial charge in [0.1, 0.15) is 10.8 Å². The highest BCUT2D eigenvalue weighted by Gasteiger charge is 2.10. The van der Waals surface area contributed by atoms with Crippen molar-refractivity contribution in [2.45, 2.75) is 13.0 Å². The Hall–Kier alpha value is -1.20. The number of rotatable bonds is 3. The van der Waals surface area contributed by atoms with E-state index >= 15 is 0 Å². The molecule has 0 saturated heterocycles. The molecule has 0 aliphatic rings. The summed E-state index contributed by atoms with van der Waals surface area (Å²) in [7, 11) is 0. The third-order valence-corrected chi connectivity index (χ3v) is 1.67. The molecule has 0 radical (unpaired) electrons. The van der Waals surface area contributed by atoms with Crippen molar-refractivity contribution in [2.24, 2.45) is 0 Å². The molecule has 2 N–H and O–H groups in total. The van der Waals surface area contributed by atoms with Crippen LogP contribution in [-0.2, 0) is 0 Å². The fraction of sp³-hybridized carbons (Fsp3) is 0.375. The molecule has 0 aliphatic carbocycles. The Kier molecular flexibility index (Phi) is 3.79. The standard InChI is InChI=1S/C8H10ClN3O2/c1-5(4-13)11-8(14)6-2-10-3-7(9)12-6/h2-3,5,13H,4H2,1H3,(H,11,14). The van der Waals surface area contributed by atoms with Crippen LogP contribution in [0.2, 0.25) is 5.15 Å². The molecule has 1 rings (SSSR count). The second kappa shape index (κ2) is 4.88. The molecule has 76 valence electrons. The van der Waals surface area contributed by atoms with Crippen LogP contribution < -0.4 is 5.32 Å². The summed E-state index contributed by atoms with van der Waals surface area (Å²) in [6, 6.07) is -0.316. The third-order valence-electron chi connectivity index (χ3n) is 1.49. The highest BCUT2D eigenvalue weighted by atomic mass is 35.5. The highest BCUT2D eigenvalue weighted by molar-refractivity contribution is 6.29. The number of carbonyl (C=O) groups excluding carboxylic acids is 1. The zero-order valence-corrected chi connectivity index (χ0v) is 8.32. The average molecular weight is 216 g/mol. The first-order valence-electron chi connectivity index (χ1n) is 4.02. The van der Waals surface area contributed by atoms with E-state index in [0.29, 0.717) is 0 Å². The Bertz CT molecular complexity index is 332. The van der Waals surface area contributed by atoms with Gasteiger partial charge in [-0.2, -0.15) is 0 Å². The maximum atomic E-state index is 11.4. The van der Waals surface area contributed by atoms with Gasteiger partial charge in [0, 0.05) is 6.04 Å². The minimum atomic E-state index is -0.401. The Morgan fingerprint density at radius 3 is 3.00 bits per heavy atom. The Balaban J connectivity index is 2.70. The summed E-state index contributed by atoms with van der Waals surface area (Å²) in [6.07, 6.45) is 2.65. The molecule has 1 heterocycles. The van der Waals surface area contributed by atoms with Crippen molar-refractivity contribution in [3.8, 4) is 0 Å². The average Bonchev–Trinajstić information content (AvgIpc) is 2.17. The van der Waals surface area contributed by atoms with Crippen LogP contribution >= 0.6 is 11.6 Å². The summed E-state index contributed by atoms with van der Waals surface area (Å²) in [5.74, 6) is -0.401. The quantitative estimate of drug-likeness (QED) is 0.758. The fourth-order valence-electron chi connectivity index (χ4n) is 0.795. The minimum Gasteiger partial charge on any atom is -0.394 e. The van der Waals surface area contributed by atoms with E-state index in [-0.39, 0.29) is 23.5 Å². The Morgan fingerprint density at radius 1 is 1.71 bits per heavy atom. The number of halogens is 1. The van der Waals surface area contributed by atoms with Gasteiger partial charge in [-0.15, -0.1) is 0 Å². The Labute approximate surface area is 86.1 Å². The van der Waals surface area contributed by atoms with E-state index < -0.39 is 5.91 Å². The normalized spacial score (nSPS) is 12.2. The van der Waals surface area contributed by atoms with E-state index in [4.69, 9.17) is 16.7 Å². The lowest BCUT2D eigenvalue weighted by molar-refractivity contribution is 0.0917. The first-order chi connectivity index (χ1) is 6.63. The number of amides is 1. The molecule has 0 bridgehead atoms.